The number of aromatic nitrogens is 2. The summed E-state index contributed by atoms with van der Waals surface area (Å²) in [5.41, 5.74) is 3.56. The Hall–Kier alpha value is -2.36. The molecule has 0 spiro atoms. The number of allylic oxidation sites excluding steroid dienone is 1. The van der Waals surface area contributed by atoms with Crippen LogP contribution in [0.3, 0.4) is 0 Å². The number of nitrogens with one attached hydrogen (secondary N) is 1. The minimum absolute atomic E-state index is 0.105. The molecule has 1 N–H and O–H groups in total. The predicted molar refractivity (Wildman–Crippen MR) is 81.4 cm³/mol. The number of benzene rings is 1. The molecule has 108 valence electrons. The number of ether oxygens (including phenoxy) is 1. The van der Waals surface area contributed by atoms with Gasteiger partial charge < -0.3 is 9.72 Å². The van der Waals surface area contributed by atoms with Gasteiger partial charge in [-0.05, 0) is 49.1 Å². The van der Waals surface area contributed by atoms with Crippen molar-refractivity contribution in [2.45, 2.75) is 26.2 Å². The van der Waals surface area contributed by atoms with Crippen molar-refractivity contribution in [3.63, 3.8) is 0 Å². The Labute approximate surface area is 123 Å². The third-order valence-electron chi connectivity index (χ3n) is 3.60. The number of rotatable bonds is 4. The number of ketones is 1. The summed E-state index contributed by atoms with van der Waals surface area (Å²) in [6.45, 7) is 2.78. The van der Waals surface area contributed by atoms with Crippen LogP contribution in [-0.2, 0) is 6.42 Å². The summed E-state index contributed by atoms with van der Waals surface area (Å²) in [7, 11) is 0. The van der Waals surface area contributed by atoms with Gasteiger partial charge in [0, 0.05) is 11.1 Å². The fourth-order valence-corrected chi connectivity index (χ4v) is 2.53. The van der Waals surface area contributed by atoms with Crippen LogP contribution < -0.4 is 4.74 Å². The summed E-state index contributed by atoms with van der Waals surface area (Å²) in [5.74, 6) is 0.956. The number of aromatic amines is 1. The standard InChI is InChI=1S/C17H18N2O2/c1-2-7-21-15-5-6-16-12(9-15)3-4-13(17(16)20)8-14-10-18-11-19-14/h5-6,8-11H,2-4,7H2,1H3,(H,18,19). The van der Waals surface area contributed by atoms with E-state index in [1.165, 1.54) is 0 Å². The molecule has 1 aromatic heterocycles. The van der Waals surface area contributed by atoms with E-state index in [0.717, 1.165) is 47.4 Å². The first-order chi connectivity index (χ1) is 10.3. The SMILES string of the molecule is CCCOc1ccc2c(c1)CCC(=Cc1cnc[nH]1)C2=O. The lowest BCUT2D eigenvalue weighted by Crippen LogP contribution is -2.14. The zero-order chi connectivity index (χ0) is 14.7. The number of carbonyl (C=O) groups excluding carboxylic acids is 1. The molecule has 0 bridgehead atoms. The number of hydrogen-bond donors (Lipinski definition) is 1. The zero-order valence-electron chi connectivity index (χ0n) is 12.1. The van der Waals surface area contributed by atoms with Crippen molar-refractivity contribution < 1.29 is 9.53 Å². The summed E-state index contributed by atoms with van der Waals surface area (Å²) in [4.78, 5) is 19.5. The van der Waals surface area contributed by atoms with Crippen molar-refractivity contribution in [2.24, 2.45) is 0 Å². The molecule has 0 amide bonds. The lowest BCUT2D eigenvalue weighted by Gasteiger charge is -2.18. The van der Waals surface area contributed by atoms with E-state index in [4.69, 9.17) is 4.74 Å². The quantitative estimate of drug-likeness (QED) is 0.874. The summed E-state index contributed by atoms with van der Waals surface area (Å²) < 4.78 is 5.63. The molecule has 1 aliphatic rings. The van der Waals surface area contributed by atoms with Crippen LogP contribution in [0.25, 0.3) is 6.08 Å². The molecule has 0 radical (unpaired) electrons. The first kappa shape index (κ1) is 13.6. The Morgan fingerprint density at radius 1 is 1.38 bits per heavy atom. The van der Waals surface area contributed by atoms with Crippen LogP contribution >= 0.6 is 0 Å². The van der Waals surface area contributed by atoms with E-state index in [0.29, 0.717) is 6.61 Å². The van der Waals surface area contributed by atoms with Gasteiger partial charge in [0.25, 0.3) is 0 Å². The second kappa shape index (κ2) is 5.95. The summed E-state index contributed by atoms with van der Waals surface area (Å²) in [5, 5.41) is 0. The highest BCUT2D eigenvalue weighted by molar-refractivity contribution is 6.13. The normalized spacial score (nSPS) is 16.0. The highest BCUT2D eigenvalue weighted by atomic mass is 16.5. The summed E-state index contributed by atoms with van der Waals surface area (Å²) in [6.07, 6.45) is 7.82. The number of Topliss-reactive ketones (excluding diaryl/α,β-unsaturated/α-hetero) is 1. The Morgan fingerprint density at radius 3 is 3.05 bits per heavy atom. The third kappa shape index (κ3) is 2.89. The molecule has 0 atom stereocenters. The lowest BCUT2D eigenvalue weighted by molar-refractivity contribution is 0.102. The number of H-pyrrole nitrogens is 1. The number of fused-ring (bicyclic) bond motifs is 1. The highest BCUT2D eigenvalue weighted by Gasteiger charge is 2.22. The van der Waals surface area contributed by atoms with Crippen LogP contribution in [0.2, 0.25) is 0 Å². The monoisotopic (exact) mass is 282 g/mol. The van der Waals surface area contributed by atoms with E-state index in [2.05, 4.69) is 16.9 Å². The highest BCUT2D eigenvalue weighted by Crippen LogP contribution is 2.29. The van der Waals surface area contributed by atoms with Crippen molar-refractivity contribution in [2.75, 3.05) is 6.61 Å². The van der Waals surface area contributed by atoms with E-state index < -0.39 is 0 Å². The van der Waals surface area contributed by atoms with Crippen molar-refractivity contribution in [1.29, 1.82) is 0 Å². The van der Waals surface area contributed by atoms with Crippen LogP contribution in [0.5, 0.6) is 5.75 Å². The largest absolute Gasteiger partial charge is 0.494 e. The van der Waals surface area contributed by atoms with Crippen LogP contribution in [0, 0.1) is 0 Å². The van der Waals surface area contributed by atoms with Crippen molar-refractivity contribution in [1.82, 2.24) is 9.97 Å². The third-order valence-corrected chi connectivity index (χ3v) is 3.60. The van der Waals surface area contributed by atoms with E-state index in [1.807, 2.05) is 24.3 Å². The second-order valence-corrected chi connectivity index (χ2v) is 5.17. The van der Waals surface area contributed by atoms with Gasteiger partial charge in [0.05, 0.1) is 24.8 Å². The first-order valence-corrected chi connectivity index (χ1v) is 7.27. The maximum atomic E-state index is 12.5. The number of hydrogen-bond acceptors (Lipinski definition) is 3. The summed E-state index contributed by atoms with van der Waals surface area (Å²) >= 11 is 0. The van der Waals surface area contributed by atoms with Gasteiger partial charge in [-0.1, -0.05) is 6.92 Å². The van der Waals surface area contributed by atoms with E-state index in [1.54, 1.807) is 12.5 Å². The van der Waals surface area contributed by atoms with Crippen molar-refractivity contribution >= 4 is 11.9 Å². The molecule has 4 nitrogen and oxygen atoms in total. The number of carbonyl (C=O) groups is 1. The Kier molecular flexibility index (Phi) is 3.86. The van der Waals surface area contributed by atoms with Gasteiger partial charge in [-0.15, -0.1) is 0 Å². The van der Waals surface area contributed by atoms with Crippen LogP contribution in [0.15, 0.2) is 36.3 Å². The molecule has 4 heteroatoms. The molecular formula is C17H18N2O2. The van der Waals surface area contributed by atoms with Gasteiger partial charge in [-0.3, -0.25) is 4.79 Å². The van der Waals surface area contributed by atoms with Crippen LogP contribution in [0.1, 0.15) is 41.4 Å². The van der Waals surface area contributed by atoms with Gasteiger partial charge in [0.15, 0.2) is 5.78 Å². The van der Waals surface area contributed by atoms with Crippen molar-refractivity contribution in [3.05, 3.63) is 53.1 Å². The number of nitrogens with zero attached hydrogens (tertiary/aromatic N) is 1. The van der Waals surface area contributed by atoms with E-state index in [9.17, 15) is 4.79 Å². The Morgan fingerprint density at radius 2 is 2.29 bits per heavy atom. The second-order valence-electron chi connectivity index (χ2n) is 5.17. The van der Waals surface area contributed by atoms with Gasteiger partial charge in [-0.25, -0.2) is 4.98 Å². The molecule has 0 saturated heterocycles. The number of aryl methyl sites for hydroxylation is 1. The summed E-state index contributed by atoms with van der Waals surface area (Å²) in [6, 6.07) is 5.75. The first-order valence-electron chi connectivity index (χ1n) is 7.27. The molecule has 3 rings (SSSR count). The molecule has 2 aromatic rings. The molecule has 0 saturated carbocycles. The molecule has 1 aromatic carbocycles. The van der Waals surface area contributed by atoms with Crippen LogP contribution in [-0.4, -0.2) is 22.4 Å². The Bertz CT molecular complexity index is 672. The van der Waals surface area contributed by atoms with Gasteiger partial charge in [0.1, 0.15) is 5.75 Å². The van der Waals surface area contributed by atoms with Crippen molar-refractivity contribution in [3.8, 4) is 5.75 Å². The molecule has 1 aliphatic carbocycles. The zero-order valence-corrected chi connectivity index (χ0v) is 12.1. The average molecular weight is 282 g/mol. The average Bonchev–Trinajstić information content (AvgIpc) is 3.01. The lowest BCUT2D eigenvalue weighted by atomic mass is 9.86. The number of imidazole rings is 1. The van der Waals surface area contributed by atoms with Gasteiger partial charge in [-0.2, -0.15) is 0 Å². The molecule has 0 fully saturated rings. The maximum absolute atomic E-state index is 12.5. The maximum Gasteiger partial charge on any atom is 0.189 e. The fourth-order valence-electron chi connectivity index (χ4n) is 2.53. The minimum atomic E-state index is 0.105. The topological polar surface area (TPSA) is 55.0 Å². The van der Waals surface area contributed by atoms with E-state index in [-0.39, 0.29) is 5.78 Å². The van der Waals surface area contributed by atoms with Gasteiger partial charge in [0.2, 0.25) is 0 Å². The molecule has 0 unspecified atom stereocenters. The molecular weight excluding hydrogens is 264 g/mol. The smallest absolute Gasteiger partial charge is 0.189 e. The molecule has 0 aliphatic heterocycles. The van der Waals surface area contributed by atoms with E-state index >= 15 is 0 Å². The molecule has 1 heterocycles. The molecule has 21 heavy (non-hydrogen) atoms. The fraction of sp³-hybridized carbons (Fsp3) is 0.294. The predicted octanol–water partition coefficient (Wildman–Crippen LogP) is 3.41. The van der Waals surface area contributed by atoms with Crippen LogP contribution in [0.4, 0.5) is 0 Å². The minimum Gasteiger partial charge on any atom is -0.494 e. The van der Waals surface area contributed by atoms with Gasteiger partial charge >= 0.3 is 0 Å². The Balaban J connectivity index is 1.85.